The van der Waals surface area contributed by atoms with Gasteiger partial charge in [-0.3, -0.25) is 4.79 Å². The van der Waals surface area contributed by atoms with Crippen LogP contribution in [0.5, 0.6) is 0 Å². The molecule has 1 aromatic heterocycles. The summed E-state index contributed by atoms with van der Waals surface area (Å²) in [5.41, 5.74) is 1.86. The molecule has 6 nitrogen and oxygen atoms in total. The van der Waals surface area contributed by atoms with E-state index in [4.69, 9.17) is 0 Å². The Morgan fingerprint density at radius 2 is 1.87 bits per heavy atom. The lowest BCUT2D eigenvalue weighted by molar-refractivity contribution is 0.102. The molecule has 3 N–H and O–H groups in total. The van der Waals surface area contributed by atoms with Crippen molar-refractivity contribution in [1.29, 1.82) is 0 Å². The van der Waals surface area contributed by atoms with E-state index < -0.39 is 0 Å². The third-order valence-electron chi connectivity index (χ3n) is 3.43. The van der Waals surface area contributed by atoms with Crippen LogP contribution >= 0.6 is 0 Å². The van der Waals surface area contributed by atoms with Crippen molar-refractivity contribution in [2.75, 3.05) is 10.6 Å². The molecule has 1 aliphatic carbocycles. The molecule has 23 heavy (non-hydrogen) atoms. The molecule has 1 fully saturated rings. The maximum absolute atomic E-state index is 12.3. The molecule has 1 saturated carbocycles. The molecular weight excluding hydrogens is 292 g/mol. The first kappa shape index (κ1) is 15.0. The lowest BCUT2D eigenvalue weighted by Gasteiger charge is -2.09. The van der Waals surface area contributed by atoms with Crippen molar-refractivity contribution in [3.8, 4) is 0 Å². The van der Waals surface area contributed by atoms with Crippen LogP contribution in [0.1, 0.15) is 28.9 Å². The molecule has 3 amide bonds. The molecule has 0 spiro atoms. The first-order valence-corrected chi connectivity index (χ1v) is 7.53. The molecule has 0 unspecified atom stereocenters. The number of nitrogens with zero attached hydrogens (tertiary/aromatic N) is 1. The second-order valence-electron chi connectivity index (χ2n) is 5.57. The van der Waals surface area contributed by atoms with E-state index >= 15 is 0 Å². The number of hydrogen-bond donors (Lipinski definition) is 3. The fourth-order valence-corrected chi connectivity index (χ4v) is 2.12. The van der Waals surface area contributed by atoms with Crippen LogP contribution in [-0.4, -0.2) is 23.0 Å². The summed E-state index contributed by atoms with van der Waals surface area (Å²) in [6, 6.07) is 12.3. The zero-order valence-electron chi connectivity index (χ0n) is 12.8. The van der Waals surface area contributed by atoms with Crippen molar-refractivity contribution in [3.05, 3.63) is 53.7 Å². The Morgan fingerprint density at radius 1 is 1.09 bits per heavy atom. The third-order valence-corrected chi connectivity index (χ3v) is 3.43. The van der Waals surface area contributed by atoms with Crippen LogP contribution in [0.15, 0.2) is 42.5 Å². The van der Waals surface area contributed by atoms with Crippen LogP contribution in [0.2, 0.25) is 0 Å². The Morgan fingerprint density at radius 3 is 2.61 bits per heavy atom. The fourth-order valence-electron chi connectivity index (χ4n) is 2.12. The highest BCUT2D eigenvalue weighted by atomic mass is 16.2. The summed E-state index contributed by atoms with van der Waals surface area (Å²) in [5.74, 6) is 0.231. The van der Waals surface area contributed by atoms with E-state index in [1.165, 1.54) is 0 Å². The second-order valence-corrected chi connectivity index (χ2v) is 5.57. The number of aromatic nitrogens is 1. The molecule has 0 aliphatic heterocycles. The quantitative estimate of drug-likeness (QED) is 0.812. The predicted octanol–water partition coefficient (Wildman–Crippen LogP) is 2.93. The van der Waals surface area contributed by atoms with Gasteiger partial charge in [-0.25, -0.2) is 9.78 Å². The SMILES string of the molecule is Cc1cccc(NC(=O)c2cccc(NC(=O)NC3CC3)c2)n1. The topological polar surface area (TPSA) is 83.1 Å². The van der Waals surface area contributed by atoms with E-state index in [2.05, 4.69) is 20.9 Å². The Bertz CT molecular complexity index is 741. The molecule has 6 heteroatoms. The van der Waals surface area contributed by atoms with Gasteiger partial charge in [-0.15, -0.1) is 0 Å². The number of amides is 3. The van der Waals surface area contributed by atoms with Gasteiger partial charge in [-0.05, 0) is 50.1 Å². The van der Waals surface area contributed by atoms with Gasteiger partial charge in [-0.1, -0.05) is 12.1 Å². The van der Waals surface area contributed by atoms with Gasteiger partial charge in [0.1, 0.15) is 5.82 Å². The number of rotatable bonds is 4. The maximum Gasteiger partial charge on any atom is 0.319 e. The summed E-state index contributed by atoms with van der Waals surface area (Å²) >= 11 is 0. The molecule has 2 aromatic rings. The van der Waals surface area contributed by atoms with Crippen LogP contribution in [-0.2, 0) is 0 Å². The summed E-state index contributed by atoms with van der Waals surface area (Å²) in [4.78, 5) is 28.2. The molecular formula is C17H18N4O2. The van der Waals surface area contributed by atoms with Gasteiger partial charge < -0.3 is 16.0 Å². The van der Waals surface area contributed by atoms with Crippen LogP contribution in [0.3, 0.4) is 0 Å². The van der Waals surface area contributed by atoms with E-state index in [-0.39, 0.29) is 18.0 Å². The number of hydrogen-bond acceptors (Lipinski definition) is 3. The fraction of sp³-hybridized carbons (Fsp3) is 0.235. The van der Waals surface area contributed by atoms with E-state index in [1.54, 1.807) is 30.3 Å². The molecule has 1 aromatic carbocycles. The number of anilines is 2. The van der Waals surface area contributed by atoms with E-state index in [0.717, 1.165) is 18.5 Å². The summed E-state index contributed by atoms with van der Waals surface area (Å²) < 4.78 is 0. The lowest BCUT2D eigenvalue weighted by Crippen LogP contribution is -2.30. The van der Waals surface area contributed by atoms with Gasteiger partial charge in [0, 0.05) is 23.0 Å². The molecule has 0 bridgehead atoms. The van der Waals surface area contributed by atoms with Gasteiger partial charge >= 0.3 is 6.03 Å². The van der Waals surface area contributed by atoms with E-state index in [0.29, 0.717) is 17.1 Å². The minimum Gasteiger partial charge on any atom is -0.335 e. The Hall–Kier alpha value is -2.89. The number of carbonyl (C=O) groups is 2. The van der Waals surface area contributed by atoms with Gasteiger partial charge in [0.15, 0.2) is 0 Å². The number of carbonyl (C=O) groups excluding carboxylic acids is 2. The first-order valence-electron chi connectivity index (χ1n) is 7.53. The van der Waals surface area contributed by atoms with Crippen molar-refractivity contribution in [2.45, 2.75) is 25.8 Å². The number of pyridine rings is 1. The van der Waals surface area contributed by atoms with Crippen molar-refractivity contribution in [1.82, 2.24) is 10.3 Å². The number of aryl methyl sites for hydroxylation is 1. The van der Waals surface area contributed by atoms with Crippen molar-refractivity contribution >= 4 is 23.4 Å². The second kappa shape index (κ2) is 6.48. The van der Waals surface area contributed by atoms with Crippen molar-refractivity contribution in [3.63, 3.8) is 0 Å². The Labute approximate surface area is 134 Å². The van der Waals surface area contributed by atoms with Crippen molar-refractivity contribution < 1.29 is 9.59 Å². The molecule has 0 saturated heterocycles. The smallest absolute Gasteiger partial charge is 0.319 e. The average Bonchev–Trinajstić information content (AvgIpc) is 3.31. The minimum absolute atomic E-state index is 0.245. The van der Waals surface area contributed by atoms with Crippen LogP contribution in [0.25, 0.3) is 0 Å². The van der Waals surface area contributed by atoms with Gasteiger partial charge in [0.05, 0.1) is 0 Å². The van der Waals surface area contributed by atoms with Crippen LogP contribution < -0.4 is 16.0 Å². The zero-order chi connectivity index (χ0) is 16.2. The van der Waals surface area contributed by atoms with Crippen molar-refractivity contribution in [2.24, 2.45) is 0 Å². The molecule has 1 aliphatic rings. The maximum atomic E-state index is 12.3. The van der Waals surface area contributed by atoms with Crippen LogP contribution in [0, 0.1) is 6.92 Å². The zero-order valence-corrected chi connectivity index (χ0v) is 12.8. The standard InChI is InChI=1S/C17H18N4O2/c1-11-4-2-7-15(18-11)21-16(22)12-5-3-6-14(10-12)20-17(23)19-13-8-9-13/h2-7,10,13H,8-9H2,1H3,(H,18,21,22)(H2,19,20,23). The summed E-state index contributed by atoms with van der Waals surface area (Å²) in [6.45, 7) is 1.86. The highest BCUT2D eigenvalue weighted by Gasteiger charge is 2.23. The highest BCUT2D eigenvalue weighted by molar-refractivity contribution is 6.04. The number of nitrogens with one attached hydrogen (secondary N) is 3. The number of urea groups is 1. The van der Waals surface area contributed by atoms with Gasteiger partial charge in [0.2, 0.25) is 0 Å². The van der Waals surface area contributed by atoms with Crippen LogP contribution in [0.4, 0.5) is 16.3 Å². The minimum atomic E-state index is -0.269. The van der Waals surface area contributed by atoms with Gasteiger partial charge in [-0.2, -0.15) is 0 Å². The number of benzene rings is 1. The predicted molar refractivity (Wildman–Crippen MR) is 88.5 cm³/mol. The Balaban J connectivity index is 1.65. The van der Waals surface area contributed by atoms with E-state index in [1.807, 2.05) is 19.1 Å². The van der Waals surface area contributed by atoms with Gasteiger partial charge in [0.25, 0.3) is 5.91 Å². The molecule has 0 radical (unpaired) electrons. The highest BCUT2D eigenvalue weighted by Crippen LogP contribution is 2.19. The normalized spacial score (nSPS) is 13.3. The molecule has 118 valence electrons. The summed E-state index contributed by atoms with van der Waals surface area (Å²) in [7, 11) is 0. The monoisotopic (exact) mass is 310 g/mol. The largest absolute Gasteiger partial charge is 0.335 e. The lowest BCUT2D eigenvalue weighted by atomic mass is 10.2. The molecule has 0 atom stereocenters. The third kappa shape index (κ3) is 4.29. The average molecular weight is 310 g/mol. The summed E-state index contributed by atoms with van der Waals surface area (Å²) in [6.07, 6.45) is 2.05. The summed E-state index contributed by atoms with van der Waals surface area (Å²) in [5, 5.41) is 8.32. The molecule has 1 heterocycles. The molecule has 3 rings (SSSR count). The Kier molecular flexibility index (Phi) is 4.23. The first-order chi connectivity index (χ1) is 11.1. The van der Waals surface area contributed by atoms with E-state index in [9.17, 15) is 9.59 Å².